The van der Waals surface area contributed by atoms with Gasteiger partial charge in [-0.25, -0.2) is 0 Å². The summed E-state index contributed by atoms with van der Waals surface area (Å²) in [5.74, 6) is 2.26. The molecule has 2 aromatic rings. The lowest BCUT2D eigenvalue weighted by molar-refractivity contribution is -0.118. The zero-order valence-electron chi connectivity index (χ0n) is 17.7. The molecule has 164 valence electrons. The maximum atomic E-state index is 12.7. The van der Waals surface area contributed by atoms with Crippen molar-refractivity contribution in [3.63, 3.8) is 0 Å². The van der Waals surface area contributed by atoms with E-state index in [0.717, 1.165) is 39.1 Å². The molecule has 4 rings (SSSR count). The second-order valence-corrected chi connectivity index (χ2v) is 8.01. The smallest absolute Gasteiger partial charge is 0.262 e. The Labute approximate surface area is 182 Å². The highest BCUT2D eigenvalue weighted by molar-refractivity contribution is 5.95. The molecule has 0 atom stereocenters. The van der Waals surface area contributed by atoms with Crippen LogP contribution >= 0.6 is 0 Å². The number of methoxy groups -OCH3 is 1. The number of carbonyl (C=O) groups excluding carboxylic acids is 2. The maximum absolute atomic E-state index is 12.7. The number of ether oxygens (including phenoxy) is 3. The van der Waals surface area contributed by atoms with Gasteiger partial charge in [-0.15, -0.1) is 0 Å². The highest BCUT2D eigenvalue weighted by Gasteiger charge is 2.36. The standard InChI is InChI=1S/C24H28N2O5/c1-29-22-4-2-3-20(13-22)25-23(27)16-31-21-7-5-18(6-8-21)24(28)26-14-19(15-26)17-9-11-30-12-10-17/h2-8,13,17,19H,9-12,14-16H2,1H3,(H,25,27). The van der Waals surface area contributed by atoms with Crippen LogP contribution in [0.2, 0.25) is 0 Å². The Hall–Kier alpha value is -3.06. The number of anilines is 1. The minimum atomic E-state index is -0.270. The molecule has 2 aromatic carbocycles. The topological polar surface area (TPSA) is 77.1 Å². The molecule has 0 spiro atoms. The van der Waals surface area contributed by atoms with Gasteiger partial charge in [-0.05, 0) is 61.1 Å². The van der Waals surface area contributed by atoms with E-state index >= 15 is 0 Å². The highest BCUT2D eigenvalue weighted by Crippen LogP contribution is 2.32. The van der Waals surface area contributed by atoms with Crippen LogP contribution in [0, 0.1) is 11.8 Å². The Bertz CT molecular complexity index is 902. The van der Waals surface area contributed by atoms with Gasteiger partial charge in [0.15, 0.2) is 6.61 Å². The Morgan fingerprint density at radius 3 is 2.48 bits per heavy atom. The summed E-state index contributed by atoms with van der Waals surface area (Å²) in [6.45, 7) is 3.21. The summed E-state index contributed by atoms with van der Waals surface area (Å²) in [6, 6.07) is 14.1. The number of carbonyl (C=O) groups is 2. The normalized spacial score (nSPS) is 17.0. The zero-order chi connectivity index (χ0) is 21.6. The molecule has 0 saturated carbocycles. The molecule has 0 aliphatic carbocycles. The summed E-state index contributed by atoms with van der Waals surface area (Å²) in [6.07, 6.45) is 2.20. The second kappa shape index (κ2) is 9.83. The maximum Gasteiger partial charge on any atom is 0.262 e. The third kappa shape index (κ3) is 5.35. The molecule has 0 aromatic heterocycles. The van der Waals surface area contributed by atoms with Crippen molar-refractivity contribution in [1.29, 1.82) is 0 Å². The lowest BCUT2D eigenvalue weighted by atomic mass is 9.81. The van der Waals surface area contributed by atoms with Gasteiger partial charge in [-0.2, -0.15) is 0 Å². The predicted molar refractivity (Wildman–Crippen MR) is 116 cm³/mol. The van der Waals surface area contributed by atoms with E-state index in [9.17, 15) is 9.59 Å². The van der Waals surface area contributed by atoms with Crippen LogP contribution in [0.3, 0.4) is 0 Å². The number of hydrogen-bond acceptors (Lipinski definition) is 5. The Morgan fingerprint density at radius 1 is 1.03 bits per heavy atom. The molecule has 7 heteroatoms. The molecule has 2 fully saturated rings. The molecule has 0 bridgehead atoms. The fraction of sp³-hybridized carbons (Fsp3) is 0.417. The van der Waals surface area contributed by atoms with E-state index in [1.54, 1.807) is 55.6 Å². The molecule has 2 saturated heterocycles. The van der Waals surface area contributed by atoms with Gasteiger partial charge in [0.2, 0.25) is 0 Å². The van der Waals surface area contributed by atoms with Crippen molar-refractivity contribution in [1.82, 2.24) is 4.90 Å². The van der Waals surface area contributed by atoms with E-state index in [2.05, 4.69) is 5.32 Å². The number of nitrogens with zero attached hydrogens (tertiary/aromatic N) is 1. The molecular weight excluding hydrogens is 396 g/mol. The van der Waals surface area contributed by atoms with Gasteiger partial charge >= 0.3 is 0 Å². The van der Waals surface area contributed by atoms with Crippen LogP contribution in [0.5, 0.6) is 11.5 Å². The first-order chi connectivity index (χ1) is 15.1. The Morgan fingerprint density at radius 2 is 1.77 bits per heavy atom. The molecule has 31 heavy (non-hydrogen) atoms. The summed E-state index contributed by atoms with van der Waals surface area (Å²) in [4.78, 5) is 26.7. The van der Waals surface area contributed by atoms with E-state index in [4.69, 9.17) is 14.2 Å². The third-order valence-electron chi connectivity index (χ3n) is 5.95. The van der Waals surface area contributed by atoms with E-state index in [0.29, 0.717) is 34.6 Å². The van der Waals surface area contributed by atoms with Crippen molar-refractivity contribution in [2.45, 2.75) is 12.8 Å². The average molecular weight is 424 g/mol. The quantitative estimate of drug-likeness (QED) is 0.739. The van der Waals surface area contributed by atoms with Crippen LogP contribution < -0.4 is 14.8 Å². The summed E-state index contributed by atoms with van der Waals surface area (Å²) in [7, 11) is 1.57. The SMILES string of the molecule is COc1cccc(NC(=O)COc2ccc(C(=O)N3CC(C4CCOCC4)C3)cc2)c1. The number of likely N-dealkylation sites (tertiary alicyclic amines) is 1. The number of rotatable bonds is 7. The van der Waals surface area contributed by atoms with Crippen LogP contribution in [0.4, 0.5) is 5.69 Å². The van der Waals surface area contributed by atoms with Gasteiger partial charge < -0.3 is 24.4 Å². The van der Waals surface area contributed by atoms with Crippen molar-refractivity contribution < 1.29 is 23.8 Å². The number of amides is 2. The van der Waals surface area contributed by atoms with Gasteiger partial charge in [-0.1, -0.05) is 6.07 Å². The van der Waals surface area contributed by atoms with E-state index in [-0.39, 0.29) is 18.4 Å². The minimum absolute atomic E-state index is 0.0469. The first-order valence-corrected chi connectivity index (χ1v) is 10.7. The molecule has 0 unspecified atom stereocenters. The fourth-order valence-electron chi connectivity index (χ4n) is 4.09. The van der Waals surface area contributed by atoms with Crippen molar-refractivity contribution in [2.24, 2.45) is 11.8 Å². The summed E-state index contributed by atoms with van der Waals surface area (Å²) in [5, 5.41) is 2.77. The Kier molecular flexibility index (Phi) is 6.72. The van der Waals surface area contributed by atoms with Crippen LogP contribution in [-0.4, -0.2) is 56.7 Å². The van der Waals surface area contributed by atoms with Crippen LogP contribution in [0.25, 0.3) is 0 Å². The summed E-state index contributed by atoms with van der Waals surface area (Å²) < 4.78 is 16.1. The molecule has 2 amide bonds. The number of nitrogens with one attached hydrogen (secondary N) is 1. The van der Waals surface area contributed by atoms with E-state index < -0.39 is 0 Å². The van der Waals surface area contributed by atoms with Crippen molar-refractivity contribution in [2.75, 3.05) is 45.3 Å². The summed E-state index contributed by atoms with van der Waals surface area (Å²) >= 11 is 0. The molecule has 2 aliphatic rings. The first-order valence-electron chi connectivity index (χ1n) is 10.7. The monoisotopic (exact) mass is 424 g/mol. The number of benzene rings is 2. The van der Waals surface area contributed by atoms with Crippen LogP contribution in [-0.2, 0) is 9.53 Å². The molecule has 7 nitrogen and oxygen atoms in total. The molecule has 0 radical (unpaired) electrons. The molecule has 2 aliphatic heterocycles. The molecular formula is C24H28N2O5. The van der Waals surface area contributed by atoms with E-state index in [1.165, 1.54) is 0 Å². The van der Waals surface area contributed by atoms with Crippen molar-refractivity contribution in [3.8, 4) is 11.5 Å². The van der Waals surface area contributed by atoms with Gasteiger partial charge in [0, 0.05) is 43.6 Å². The van der Waals surface area contributed by atoms with E-state index in [1.807, 2.05) is 4.90 Å². The first kappa shape index (κ1) is 21.2. The average Bonchev–Trinajstić information content (AvgIpc) is 2.78. The third-order valence-corrected chi connectivity index (χ3v) is 5.95. The second-order valence-electron chi connectivity index (χ2n) is 8.01. The largest absolute Gasteiger partial charge is 0.497 e. The molecule has 2 heterocycles. The van der Waals surface area contributed by atoms with Crippen molar-refractivity contribution >= 4 is 17.5 Å². The van der Waals surface area contributed by atoms with Crippen LogP contribution in [0.1, 0.15) is 23.2 Å². The zero-order valence-corrected chi connectivity index (χ0v) is 17.7. The Balaban J connectivity index is 1.22. The predicted octanol–water partition coefficient (Wildman–Crippen LogP) is 3.21. The molecule has 1 N–H and O–H groups in total. The van der Waals surface area contributed by atoms with Crippen LogP contribution in [0.15, 0.2) is 48.5 Å². The van der Waals surface area contributed by atoms with Crippen molar-refractivity contribution in [3.05, 3.63) is 54.1 Å². The van der Waals surface area contributed by atoms with Gasteiger partial charge in [0.05, 0.1) is 7.11 Å². The fourth-order valence-corrected chi connectivity index (χ4v) is 4.09. The lowest BCUT2D eigenvalue weighted by Crippen LogP contribution is -2.53. The van der Waals surface area contributed by atoms with Gasteiger partial charge in [0.25, 0.3) is 11.8 Å². The van der Waals surface area contributed by atoms with Gasteiger partial charge in [-0.3, -0.25) is 9.59 Å². The lowest BCUT2D eigenvalue weighted by Gasteiger charge is -2.44. The van der Waals surface area contributed by atoms with Gasteiger partial charge in [0.1, 0.15) is 11.5 Å². The summed E-state index contributed by atoms with van der Waals surface area (Å²) in [5.41, 5.74) is 1.28. The highest BCUT2D eigenvalue weighted by atomic mass is 16.5. The minimum Gasteiger partial charge on any atom is -0.497 e. The number of hydrogen-bond donors (Lipinski definition) is 1.